The van der Waals surface area contributed by atoms with Crippen LogP contribution in [-0.2, 0) is 28.4 Å². The van der Waals surface area contributed by atoms with Gasteiger partial charge in [-0.1, -0.05) is 18.2 Å². The number of rotatable bonds is 6. The van der Waals surface area contributed by atoms with Crippen LogP contribution in [0.4, 0.5) is 5.69 Å². The van der Waals surface area contributed by atoms with E-state index in [0.717, 1.165) is 28.5 Å². The molecule has 180 valence electrons. The lowest BCUT2D eigenvalue weighted by atomic mass is 10.1. The molecule has 0 bridgehead atoms. The van der Waals surface area contributed by atoms with E-state index >= 15 is 0 Å². The Bertz CT molecular complexity index is 1480. The van der Waals surface area contributed by atoms with Gasteiger partial charge in [0.25, 0.3) is 15.6 Å². The molecule has 10 heteroatoms. The van der Waals surface area contributed by atoms with Crippen LogP contribution in [0.25, 0.3) is 10.9 Å². The number of amides is 1. The highest BCUT2D eigenvalue weighted by molar-refractivity contribution is 7.92. The Balaban J connectivity index is 1.72. The Morgan fingerprint density at radius 3 is 2.32 bits per heavy atom. The summed E-state index contributed by atoms with van der Waals surface area (Å²) in [5, 5.41) is 0.0973. The second kappa shape index (κ2) is 9.09. The highest BCUT2D eigenvalue weighted by Crippen LogP contribution is 2.24. The maximum absolute atomic E-state index is 13.2. The fourth-order valence-electron chi connectivity index (χ4n) is 4.36. The number of carbonyl (C=O) groups is 1. The predicted octanol–water partition coefficient (Wildman–Crippen LogP) is 2.13. The molecule has 3 aromatic rings. The third-order valence-electron chi connectivity index (χ3n) is 6.36. The lowest BCUT2D eigenvalue weighted by molar-refractivity contribution is -0.130. The standard InChI is InChI=1S/C24H28N4O5S/c1-16-7-6-8-17(2)22(16)25-34(32,33)18-9-10-20-19(15-18)23(30)28(24(31)26(20)3)14-11-21(29)27-12-4-5-13-27/h6-10,15,25H,4-5,11-14H2,1-3H3. The van der Waals surface area contributed by atoms with Crippen molar-refractivity contribution in [1.82, 2.24) is 14.0 Å². The fourth-order valence-corrected chi connectivity index (χ4v) is 5.59. The van der Waals surface area contributed by atoms with E-state index in [1.165, 1.54) is 29.8 Å². The molecule has 1 amide bonds. The first kappa shape index (κ1) is 23.7. The minimum Gasteiger partial charge on any atom is -0.343 e. The second-order valence-corrected chi connectivity index (χ2v) is 10.4. The number of hydrogen-bond donors (Lipinski definition) is 1. The summed E-state index contributed by atoms with van der Waals surface area (Å²) in [5.74, 6) is -0.0966. The highest BCUT2D eigenvalue weighted by atomic mass is 32.2. The van der Waals surface area contributed by atoms with Gasteiger partial charge in [-0.3, -0.25) is 23.4 Å². The topological polar surface area (TPSA) is 110 Å². The summed E-state index contributed by atoms with van der Waals surface area (Å²) in [6.07, 6.45) is 1.94. The average molecular weight is 485 g/mol. The molecule has 0 atom stereocenters. The van der Waals surface area contributed by atoms with Gasteiger partial charge in [0.15, 0.2) is 0 Å². The Morgan fingerprint density at radius 1 is 1.03 bits per heavy atom. The van der Waals surface area contributed by atoms with Crippen LogP contribution in [-0.4, -0.2) is 41.4 Å². The van der Waals surface area contributed by atoms with E-state index in [9.17, 15) is 22.8 Å². The maximum Gasteiger partial charge on any atom is 0.331 e. The highest BCUT2D eigenvalue weighted by Gasteiger charge is 2.21. The number of hydrogen-bond acceptors (Lipinski definition) is 5. The van der Waals surface area contributed by atoms with Crippen LogP contribution >= 0.6 is 0 Å². The molecule has 0 aliphatic carbocycles. The number of para-hydroxylation sites is 1. The number of benzene rings is 2. The summed E-state index contributed by atoms with van der Waals surface area (Å²) >= 11 is 0. The molecular formula is C24H28N4O5S. The molecule has 1 aliphatic rings. The van der Waals surface area contributed by atoms with Gasteiger partial charge in [-0.15, -0.1) is 0 Å². The lowest BCUT2D eigenvalue weighted by Gasteiger charge is -2.16. The molecule has 2 heterocycles. The van der Waals surface area contributed by atoms with E-state index in [0.29, 0.717) is 24.3 Å². The summed E-state index contributed by atoms with van der Waals surface area (Å²) in [6.45, 7) is 4.94. The van der Waals surface area contributed by atoms with Crippen LogP contribution in [0.15, 0.2) is 50.9 Å². The van der Waals surface area contributed by atoms with Crippen molar-refractivity contribution in [1.29, 1.82) is 0 Å². The third-order valence-corrected chi connectivity index (χ3v) is 7.71. The number of nitrogens with one attached hydrogen (secondary N) is 1. The maximum atomic E-state index is 13.2. The van der Waals surface area contributed by atoms with Crippen molar-refractivity contribution in [2.75, 3.05) is 17.8 Å². The monoisotopic (exact) mass is 484 g/mol. The molecule has 1 saturated heterocycles. The van der Waals surface area contributed by atoms with E-state index < -0.39 is 21.3 Å². The van der Waals surface area contributed by atoms with Crippen molar-refractivity contribution in [3.63, 3.8) is 0 Å². The van der Waals surface area contributed by atoms with Gasteiger partial charge in [-0.25, -0.2) is 13.2 Å². The van der Waals surface area contributed by atoms with Gasteiger partial charge in [-0.2, -0.15) is 0 Å². The molecule has 2 aromatic carbocycles. The van der Waals surface area contributed by atoms with Crippen molar-refractivity contribution in [2.45, 2.75) is 44.6 Å². The third kappa shape index (κ3) is 4.37. The SMILES string of the molecule is Cc1cccc(C)c1NS(=O)(=O)c1ccc2c(c1)c(=O)n(CCC(=O)N1CCCC1)c(=O)n2C. The number of anilines is 1. The summed E-state index contributed by atoms with van der Waals surface area (Å²) in [7, 11) is -2.47. The summed E-state index contributed by atoms with van der Waals surface area (Å²) < 4.78 is 31.2. The molecule has 0 spiro atoms. The molecule has 9 nitrogen and oxygen atoms in total. The van der Waals surface area contributed by atoms with Crippen molar-refractivity contribution in [2.24, 2.45) is 7.05 Å². The van der Waals surface area contributed by atoms with E-state index in [1.54, 1.807) is 4.90 Å². The van der Waals surface area contributed by atoms with Crippen LogP contribution in [0.1, 0.15) is 30.4 Å². The summed E-state index contributed by atoms with van der Waals surface area (Å²) in [4.78, 5) is 40.1. The molecule has 0 unspecified atom stereocenters. The van der Waals surface area contributed by atoms with E-state index in [4.69, 9.17) is 0 Å². The number of aromatic nitrogens is 2. The zero-order chi connectivity index (χ0) is 24.6. The minimum absolute atomic E-state index is 0.0345. The smallest absolute Gasteiger partial charge is 0.331 e. The van der Waals surface area contributed by atoms with Crippen LogP contribution < -0.4 is 16.0 Å². The van der Waals surface area contributed by atoms with Crippen LogP contribution in [0.3, 0.4) is 0 Å². The number of nitrogens with zero attached hydrogens (tertiary/aromatic N) is 3. The first-order chi connectivity index (χ1) is 16.1. The van der Waals surface area contributed by atoms with Crippen molar-refractivity contribution >= 4 is 32.5 Å². The molecule has 1 aromatic heterocycles. The van der Waals surface area contributed by atoms with E-state index in [2.05, 4.69) is 4.72 Å². The number of likely N-dealkylation sites (tertiary alicyclic amines) is 1. The molecule has 0 radical (unpaired) electrons. The van der Waals surface area contributed by atoms with E-state index in [-0.39, 0.29) is 29.2 Å². The largest absolute Gasteiger partial charge is 0.343 e. The predicted molar refractivity (Wildman–Crippen MR) is 131 cm³/mol. The molecule has 1 N–H and O–H groups in total. The summed E-state index contributed by atoms with van der Waals surface area (Å²) in [5.41, 5.74) is 1.20. The van der Waals surface area contributed by atoms with Gasteiger partial charge < -0.3 is 4.90 Å². The van der Waals surface area contributed by atoms with Gasteiger partial charge in [0.2, 0.25) is 5.91 Å². The summed E-state index contributed by atoms with van der Waals surface area (Å²) in [6, 6.07) is 9.57. The average Bonchev–Trinajstić information content (AvgIpc) is 3.35. The molecule has 1 aliphatic heterocycles. The molecule has 0 saturated carbocycles. The minimum atomic E-state index is -3.99. The van der Waals surface area contributed by atoms with Crippen LogP contribution in [0, 0.1) is 13.8 Å². The van der Waals surface area contributed by atoms with Gasteiger partial charge in [0.1, 0.15) is 0 Å². The van der Waals surface area contributed by atoms with E-state index in [1.807, 2.05) is 32.0 Å². The number of sulfonamides is 1. The van der Waals surface area contributed by atoms with Crippen molar-refractivity contribution in [3.8, 4) is 0 Å². The number of carbonyl (C=O) groups excluding carboxylic acids is 1. The Labute approximate surface area is 197 Å². The van der Waals surface area contributed by atoms with Crippen LogP contribution in [0.2, 0.25) is 0 Å². The Morgan fingerprint density at radius 2 is 1.68 bits per heavy atom. The van der Waals surface area contributed by atoms with Gasteiger partial charge in [0, 0.05) is 33.1 Å². The first-order valence-electron chi connectivity index (χ1n) is 11.2. The normalized spacial score (nSPS) is 14.0. The number of fused-ring (bicyclic) bond motifs is 1. The molecular weight excluding hydrogens is 456 g/mol. The van der Waals surface area contributed by atoms with Crippen LogP contribution in [0.5, 0.6) is 0 Å². The molecule has 4 rings (SSSR count). The zero-order valence-corrected chi connectivity index (χ0v) is 20.3. The first-order valence-corrected chi connectivity index (χ1v) is 12.7. The van der Waals surface area contributed by atoms with Gasteiger partial charge in [-0.05, 0) is 56.0 Å². The lowest BCUT2D eigenvalue weighted by Crippen LogP contribution is -2.40. The van der Waals surface area contributed by atoms with Gasteiger partial charge >= 0.3 is 5.69 Å². The second-order valence-electron chi connectivity index (χ2n) is 8.69. The Hall–Kier alpha value is -3.40. The molecule has 34 heavy (non-hydrogen) atoms. The van der Waals surface area contributed by atoms with Crippen molar-refractivity contribution < 1.29 is 13.2 Å². The van der Waals surface area contributed by atoms with Crippen molar-refractivity contribution in [3.05, 3.63) is 68.4 Å². The quantitative estimate of drug-likeness (QED) is 0.576. The number of aryl methyl sites for hydroxylation is 3. The van der Waals surface area contributed by atoms with Gasteiger partial charge in [0.05, 0.1) is 21.5 Å². The Kier molecular flexibility index (Phi) is 6.35. The zero-order valence-electron chi connectivity index (χ0n) is 19.5. The molecule has 1 fully saturated rings. The fraction of sp³-hybridized carbons (Fsp3) is 0.375.